The number of guanidine groups is 1. The van der Waals surface area contributed by atoms with E-state index in [1.54, 1.807) is 18.4 Å². The molecule has 0 aliphatic heterocycles. The number of hydrogen-bond acceptors (Lipinski definition) is 3. The Kier molecular flexibility index (Phi) is 9.28. The van der Waals surface area contributed by atoms with Gasteiger partial charge in [-0.05, 0) is 25.3 Å². The lowest BCUT2D eigenvalue weighted by Crippen LogP contribution is -2.39. The number of aromatic nitrogens is 1. The molecule has 1 atom stereocenters. The zero-order valence-corrected chi connectivity index (χ0v) is 17.9. The van der Waals surface area contributed by atoms with Gasteiger partial charge < -0.3 is 10.6 Å². The molecule has 1 aromatic carbocycles. The second-order valence-electron chi connectivity index (χ2n) is 5.80. The van der Waals surface area contributed by atoms with Crippen LogP contribution in [0.5, 0.6) is 0 Å². The van der Waals surface area contributed by atoms with Gasteiger partial charge in [0.05, 0.1) is 10.7 Å². The molecule has 0 aliphatic rings. The van der Waals surface area contributed by atoms with E-state index in [1.807, 2.05) is 6.92 Å². The van der Waals surface area contributed by atoms with Gasteiger partial charge >= 0.3 is 0 Å². The highest BCUT2D eigenvalue weighted by Gasteiger charge is 2.07. The summed E-state index contributed by atoms with van der Waals surface area (Å²) < 4.78 is 0. The second kappa shape index (κ2) is 10.7. The number of aryl methyl sites for hydroxylation is 2. The van der Waals surface area contributed by atoms with Crippen LogP contribution in [-0.2, 0) is 6.42 Å². The lowest BCUT2D eigenvalue weighted by Gasteiger charge is -2.16. The number of thiazole rings is 1. The minimum absolute atomic E-state index is 0. The Morgan fingerprint density at radius 2 is 2.08 bits per heavy atom. The molecule has 0 amide bonds. The molecule has 132 valence electrons. The van der Waals surface area contributed by atoms with Gasteiger partial charge in [0.15, 0.2) is 5.96 Å². The first-order chi connectivity index (χ1) is 11.1. The molecule has 1 heterocycles. The van der Waals surface area contributed by atoms with Crippen molar-refractivity contribution < 1.29 is 0 Å². The Morgan fingerprint density at radius 1 is 1.29 bits per heavy atom. The SMILES string of the molecule is CN=C(NCCc1csc(C)n1)NCC(C)c1cccc(C)c1.I. The Balaban J connectivity index is 0.00000288. The summed E-state index contributed by atoms with van der Waals surface area (Å²) in [6.45, 7) is 8.09. The number of nitrogens with zero attached hydrogens (tertiary/aromatic N) is 2. The van der Waals surface area contributed by atoms with Crippen molar-refractivity contribution in [2.45, 2.75) is 33.1 Å². The standard InChI is InChI=1S/C18H26N4S.HI/c1-13-6-5-7-16(10-13)14(2)11-21-18(19-4)20-9-8-17-12-23-15(3)22-17;/h5-7,10,12,14H,8-9,11H2,1-4H3,(H2,19,20,21);1H. The van der Waals surface area contributed by atoms with E-state index in [2.05, 4.69) is 64.1 Å². The summed E-state index contributed by atoms with van der Waals surface area (Å²) in [7, 11) is 1.81. The first-order valence-corrected chi connectivity index (χ1v) is 8.88. The number of aliphatic imine (C=N–C) groups is 1. The second-order valence-corrected chi connectivity index (χ2v) is 6.87. The summed E-state index contributed by atoms with van der Waals surface area (Å²) in [6.07, 6.45) is 0.915. The van der Waals surface area contributed by atoms with Crippen molar-refractivity contribution in [3.8, 4) is 0 Å². The van der Waals surface area contributed by atoms with Crippen molar-refractivity contribution in [2.24, 2.45) is 4.99 Å². The van der Waals surface area contributed by atoms with Crippen LogP contribution in [0.1, 0.15) is 34.7 Å². The maximum Gasteiger partial charge on any atom is 0.191 e. The van der Waals surface area contributed by atoms with Crippen molar-refractivity contribution in [2.75, 3.05) is 20.1 Å². The summed E-state index contributed by atoms with van der Waals surface area (Å²) >= 11 is 1.70. The molecule has 4 nitrogen and oxygen atoms in total. The molecule has 1 aromatic heterocycles. The van der Waals surface area contributed by atoms with Gasteiger partial charge in [0.2, 0.25) is 0 Å². The Morgan fingerprint density at radius 3 is 2.71 bits per heavy atom. The normalized spacial score (nSPS) is 12.4. The van der Waals surface area contributed by atoms with Gasteiger partial charge in [0.1, 0.15) is 0 Å². The fourth-order valence-electron chi connectivity index (χ4n) is 2.40. The van der Waals surface area contributed by atoms with Crippen LogP contribution in [0.4, 0.5) is 0 Å². The maximum atomic E-state index is 4.47. The van der Waals surface area contributed by atoms with Gasteiger partial charge in [-0.2, -0.15) is 0 Å². The van der Waals surface area contributed by atoms with E-state index in [-0.39, 0.29) is 24.0 Å². The van der Waals surface area contributed by atoms with Gasteiger partial charge in [-0.25, -0.2) is 4.98 Å². The predicted octanol–water partition coefficient (Wildman–Crippen LogP) is 3.89. The fraction of sp³-hybridized carbons (Fsp3) is 0.444. The van der Waals surface area contributed by atoms with E-state index in [0.717, 1.165) is 36.2 Å². The minimum atomic E-state index is 0. The molecule has 0 radical (unpaired) electrons. The smallest absolute Gasteiger partial charge is 0.191 e. The van der Waals surface area contributed by atoms with Crippen LogP contribution in [-0.4, -0.2) is 31.1 Å². The van der Waals surface area contributed by atoms with Crippen LogP contribution in [0.3, 0.4) is 0 Å². The van der Waals surface area contributed by atoms with Crippen LogP contribution in [0.2, 0.25) is 0 Å². The molecule has 1 unspecified atom stereocenters. The van der Waals surface area contributed by atoms with Crippen LogP contribution in [0.25, 0.3) is 0 Å². The van der Waals surface area contributed by atoms with E-state index < -0.39 is 0 Å². The van der Waals surface area contributed by atoms with E-state index in [1.165, 1.54) is 11.1 Å². The molecule has 0 bridgehead atoms. The van der Waals surface area contributed by atoms with E-state index >= 15 is 0 Å². The topological polar surface area (TPSA) is 49.3 Å². The molecule has 2 N–H and O–H groups in total. The van der Waals surface area contributed by atoms with Gasteiger partial charge in [0, 0.05) is 31.9 Å². The summed E-state index contributed by atoms with van der Waals surface area (Å²) in [5.41, 5.74) is 3.80. The number of halogens is 1. The van der Waals surface area contributed by atoms with E-state index in [9.17, 15) is 0 Å². The largest absolute Gasteiger partial charge is 0.356 e. The summed E-state index contributed by atoms with van der Waals surface area (Å²) in [5.74, 6) is 1.28. The quantitative estimate of drug-likeness (QED) is 0.393. The van der Waals surface area contributed by atoms with Gasteiger partial charge in [-0.3, -0.25) is 4.99 Å². The van der Waals surface area contributed by atoms with Crippen LogP contribution in [0, 0.1) is 13.8 Å². The zero-order valence-electron chi connectivity index (χ0n) is 14.8. The Bertz CT molecular complexity index is 654. The molecule has 2 aromatic rings. The molecule has 6 heteroatoms. The van der Waals surface area contributed by atoms with Crippen molar-refractivity contribution in [1.82, 2.24) is 15.6 Å². The first-order valence-electron chi connectivity index (χ1n) is 8.00. The van der Waals surface area contributed by atoms with Crippen LogP contribution < -0.4 is 10.6 Å². The molecule has 2 rings (SSSR count). The average molecular weight is 458 g/mol. The summed E-state index contributed by atoms with van der Waals surface area (Å²) in [6, 6.07) is 8.67. The number of benzene rings is 1. The third-order valence-corrected chi connectivity index (χ3v) is 4.57. The van der Waals surface area contributed by atoms with Crippen LogP contribution >= 0.6 is 35.3 Å². The molecule has 24 heavy (non-hydrogen) atoms. The molecule has 0 aliphatic carbocycles. The van der Waals surface area contributed by atoms with E-state index in [4.69, 9.17) is 0 Å². The number of hydrogen-bond donors (Lipinski definition) is 2. The van der Waals surface area contributed by atoms with E-state index in [0.29, 0.717) is 5.92 Å². The maximum absolute atomic E-state index is 4.47. The van der Waals surface area contributed by atoms with Gasteiger partial charge in [-0.1, -0.05) is 36.8 Å². The molecule has 0 saturated heterocycles. The third-order valence-electron chi connectivity index (χ3n) is 3.75. The zero-order chi connectivity index (χ0) is 16.7. The minimum Gasteiger partial charge on any atom is -0.356 e. The van der Waals surface area contributed by atoms with Gasteiger partial charge in [-0.15, -0.1) is 35.3 Å². The van der Waals surface area contributed by atoms with Crippen molar-refractivity contribution >= 4 is 41.3 Å². The molecule has 0 fully saturated rings. The molecule has 0 saturated carbocycles. The third kappa shape index (κ3) is 6.76. The highest BCUT2D eigenvalue weighted by Crippen LogP contribution is 2.15. The molecular formula is C18H27IN4S. The average Bonchev–Trinajstić information content (AvgIpc) is 2.95. The number of nitrogens with one attached hydrogen (secondary N) is 2. The first kappa shape index (κ1) is 20.9. The highest BCUT2D eigenvalue weighted by molar-refractivity contribution is 14.0. The lowest BCUT2D eigenvalue weighted by molar-refractivity contribution is 0.696. The van der Waals surface area contributed by atoms with Crippen molar-refractivity contribution in [1.29, 1.82) is 0 Å². The summed E-state index contributed by atoms with van der Waals surface area (Å²) in [4.78, 5) is 8.76. The van der Waals surface area contributed by atoms with Crippen LogP contribution in [0.15, 0.2) is 34.6 Å². The highest BCUT2D eigenvalue weighted by atomic mass is 127. The summed E-state index contributed by atoms with van der Waals surface area (Å²) in [5, 5.41) is 9.99. The van der Waals surface area contributed by atoms with Crippen molar-refractivity contribution in [3.05, 3.63) is 51.5 Å². The molecule has 0 spiro atoms. The predicted molar refractivity (Wildman–Crippen MR) is 115 cm³/mol. The van der Waals surface area contributed by atoms with Crippen molar-refractivity contribution in [3.63, 3.8) is 0 Å². The van der Waals surface area contributed by atoms with Gasteiger partial charge in [0.25, 0.3) is 0 Å². The Labute approximate surface area is 166 Å². The molecular weight excluding hydrogens is 431 g/mol. The number of rotatable bonds is 6. The monoisotopic (exact) mass is 458 g/mol. The lowest BCUT2D eigenvalue weighted by atomic mass is 9.99. The fourth-order valence-corrected chi connectivity index (χ4v) is 3.04. The Hall–Kier alpha value is -1.15.